The molecule has 0 aliphatic carbocycles. The summed E-state index contributed by atoms with van der Waals surface area (Å²) >= 11 is 0. The lowest BCUT2D eigenvalue weighted by molar-refractivity contribution is -0.190. The zero-order valence-electron chi connectivity index (χ0n) is 10.8. The fourth-order valence-electron chi connectivity index (χ4n) is 1.05. The van der Waals surface area contributed by atoms with Gasteiger partial charge in [-0.3, -0.25) is 0 Å². The highest BCUT2D eigenvalue weighted by Crippen LogP contribution is 2.24. The quantitative estimate of drug-likeness (QED) is 0.860. The van der Waals surface area contributed by atoms with Crippen molar-refractivity contribution in [3.63, 3.8) is 0 Å². The monoisotopic (exact) mass is 280 g/mol. The first-order chi connectivity index (χ1) is 8.86. The summed E-state index contributed by atoms with van der Waals surface area (Å²) in [5, 5.41) is 2.76. The summed E-state index contributed by atoms with van der Waals surface area (Å²) in [5.74, 6) is 0.102. The summed E-state index contributed by atoms with van der Waals surface area (Å²) in [6.07, 6.45) is -6.50. The van der Waals surface area contributed by atoms with Crippen LogP contribution >= 0.6 is 0 Å². The molecule has 1 rings (SSSR count). The van der Waals surface area contributed by atoms with Crippen molar-refractivity contribution in [2.75, 3.05) is 18.5 Å². The molecule has 9 heteroatoms. The van der Waals surface area contributed by atoms with Crippen LogP contribution in [0.4, 0.5) is 19.1 Å². The van der Waals surface area contributed by atoms with E-state index in [1.54, 1.807) is 13.8 Å². The summed E-state index contributed by atoms with van der Waals surface area (Å²) in [4.78, 5) is 11.2. The second-order valence-electron chi connectivity index (χ2n) is 3.49. The number of halogens is 3. The number of nitrogens with zero attached hydrogens (tertiary/aromatic N) is 3. The predicted octanol–water partition coefficient (Wildman–Crippen LogP) is 2.03. The van der Waals surface area contributed by atoms with Crippen LogP contribution in [-0.2, 0) is 0 Å². The minimum absolute atomic E-state index is 0.0853. The van der Waals surface area contributed by atoms with Crippen LogP contribution in [0.25, 0.3) is 0 Å². The number of hydrogen-bond acceptors (Lipinski definition) is 6. The van der Waals surface area contributed by atoms with Gasteiger partial charge in [0.2, 0.25) is 5.95 Å². The molecule has 0 aromatic carbocycles. The van der Waals surface area contributed by atoms with E-state index in [0.717, 1.165) is 6.92 Å². The average molecular weight is 280 g/mol. The normalized spacial score (nSPS) is 12.9. The van der Waals surface area contributed by atoms with E-state index in [2.05, 4.69) is 25.0 Å². The third kappa shape index (κ3) is 4.76. The minimum Gasteiger partial charge on any atom is -0.464 e. The maximum atomic E-state index is 12.4. The Hall–Kier alpha value is -1.80. The highest BCUT2D eigenvalue weighted by atomic mass is 19.4. The molecule has 1 atom stereocenters. The predicted molar refractivity (Wildman–Crippen MR) is 61.3 cm³/mol. The van der Waals surface area contributed by atoms with Crippen molar-refractivity contribution in [1.82, 2.24) is 15.0 Å². The van der Waals surface area contributed by atoms with Crippen LogP contribution in [0.1, 0.15) is 20.8 Å². The molecule has 0 aliphatic rings. The molecule has 0 spiro atoms. The molecule has 0 bridgehead atoms. The third-order valence-electron chi connectivity index (χ3n) is 1.95. The number of rotatable bonds is 6. The first-order valence-corrected chi connectivity index (χ1v) is 5.73. The van der Waals surface area contributed by atoms with Crippen molar-refractivity contribution in [2.24, 2.45) is 0 Å². The molecule has 0 fully saturated rings. The van der Waals surface area contributed by atoms with Gasteiger partial charge in [0.15, 0.2) is 6.10 Å². The SMILES string of the molecule is CCNc1nc(OCC)nc(OC(C)C(F)(F)F)n1. The van der Waals surface area contributed by atoms with E-state index in [4.69, 9.17) is 4.74 Å². The molecule has 1 unspecified atom stereocenters. The summed E-state index contributed by atoms with van der Waals surface area (Å²) in [7, 11) is 0. The standard InChI is InChI=1S/C10H15F3N4O2/c1-4-14-7-15-8(18-5-2)17-9(16-7)19-6(3)10(11,12)13/h6H,4-5H2,1-3H3,(H,14,15,16,17). The van der Waals surface area contributed by atoms with Crippen LogP contribution in [0.3, 0.4) is 0 Å². The smallest absolute Gasteiger partial charge is 0.425 e. The van der Waals surface area contributed by atoms with Gasteiger partial charge in [0.25, 0.3) is 0 Å². The van der Waals surface area contributed by atoms with Gasteiger partial charge in [-0.15, -0.1) is 4.98 Å². The molecular formula is C10H15F3N4O2. The zero-order chi connectivity index (χ0) is 14.5. The molecule has 1 aromatic heterocycles. The fraction of sp³-hybridized carbons (Fsp3) is 0.700. The third-order valence-corrected chi connectivity index (χ3v) is 1.95. The molecule has 6 nitrogen and oxygen atoms in total. The van der Waals surface area contributed by atoms with Crippen LogP contribution in [0.2, 0.25) is 0 Å². The summed E-state index contributed by atoms with van der Waals surface area (Å²) < 4.78 is 46.8. The Balaban J connectivity index is 2.92. The Kier molecular flexibility index (Phi) is 5.13. The maximum Gasteiger partial charge on any atom is 0.425 e. The number of nitrogens with one attached hydrogen (secondary N) is 1. The van der Waals surface area contributed by atoms with Gasteiger partial charge >= 0.3 is 18.2 Å². The van der Waals surface area contributed by atoms with Crippen LogP contribution in [0, 0.1) is 0 Å². The van der Waals surface area contributed by atoms with Gasteiger partial charge in [0, 0.05) is 6.54 Å². The van der Waals surface area contributed by atoms with Crippen molar-refractivity contribution in [3.8, 4) is 12.0 Å². The van der Waals surface area contributed by atoms with Gasteiger partial charge in [-0.1, -0.05) is 0 Å². The lowest BCUT2D eigenvalue weighted by atomic mass is 10.4. The van der Waals surface area contributed by atoms with E-state index >= 15 is 0 Å². The van der Waals surface area contributed by atoms with Gasteiger partial charge in [-0.2, -0.15) is 23.1 Å². The van der Waals surface area contributed by atoms with Crippen molar-refractivity contribution >= 4 is 5.95 Å². The van der Waals surface area contributed by atoms with Gasteiger partial charge in [0.1, 0.15) is 0 Å². The zero-order valence-corrected chi connectivity index (χ0v) is 10.8. The Morgan fingerprint density at radius 2 is 1.79 bits per heavy atom. The van der Waals surface area contributed by atoms with Crippen LogP contribution in [0.15, 0.2) is 0 Å². The minimum atomic E-state index is -4.49. The Morgan fingerprint density at radius 3 is 2.32 bits per heavy atom. The summed E-state index contributed by atoms with van der Waals surface area (Å²) in [5.41, 5.74) is 0. The molecule has 0 saturated carbocycles. The van der Waals surface area contributed by atoms with Crippen molar-refractivity contribution in [3.05, 3.63) is 0 Å². The van der Waals surface area contributed by atoms with Crippen LogP contribution in [-0.4, -0.2) is 40.4 Å². The van der Waals surface area contributed by atoms with E-state index in [1.165, 1.54) is 0 Å². The van der Waals surface area contributed by atoms with Gasteiger partial charge in [-0.25, -0.2) is 0 Å². The lowest BCUT2D eigenvalue weighted by Gasteiger charge is -2.16. The Labute approximate surface area is 108 Å². The summed E-state index contributed by atoms with van der Waals surface area (Å²) in [6, 6.07) is -0.517. The molecule has 1 heterocycles. The van der Waals surface area contributed by atoms with E-state index in [1.807, 2.05) is 0 Å². The largest absolute Gasteiger partial charge is 0.464 e. The van der Waals surface area contributed by atoms with Gasteiger partial charge in [0.05, 0.1) is 6.61 Å². The molecule has 0 amide bonds. The van der Waals surface area contributed by atoms with E-state index in [-0.39, 0.29) is 18.6 Å². The highest BCUT2D eigenvalue weighted by Gasteiger charge is 2.38. The highest BCUT2D eigenvalue weighted by molar-refractivity contribution is 5.27. The lowest BCUT2D eigenvalue weighted by Crippen LogP contribution is -2.32. The van der Waals surface area contributed by atoms with Gasteiger partial charge < -0.3 is 14.8 Å². The fourth-order valence-corrected chi connectivity index (χ4v) is 1.05. The van der Waals surface area contributed by atoms with E-state index in [9.17, 15) is 13.2 Å². The first-order valence-electron chi connectivity index (χ1n) is 5.73. The van der Waals surface area contributed by atoms with Crippen molar-refractivity contribution in [1.29, 1.82) is 0 Å². The topological polar surface area (TPSA) is 69.2 Å². The molecular weight excluding hydrogens is 265 g/mol. The van der Waals surface area contributed by atoms with Crippen LogP contribution < -0.4 is 14.8 Å². The molecule has 108 valence electrons. The second kappa shape index (κ2) is 6.39. The van der Waals surface area contributed by atoms with E-state index < -0.39 is 18.3 Å². The number of aromatic nitrogens is 3. The van der Waals surface area contributed by atoms with E-state index in [0.29, 0.717) is 6.54 Å². The van der Waals surface area contributed by atoms with Gasteiger partial charge in [-0.05, 0) is 20.8 Å². The second-order valence-corrected chi connectivity index (χ2v) is 3.49. The number of ether oxygens (including phenoxy) is 2. The number of alkyl halides is 3. The van der Waals surface area contributed by atoms with Crippen molar-refractivity contribution in [2.45, 2.75) is 33.1 Å². The average Bonchev–Trinajstić information content (AvgIpc) is 2.28. The Morgan fingerprint density at radius 1 is 1.16 bits per heavy atom. The molecule has 0 aliphatic heterocycles. The molecule has 0 radical (unpaired) electrons. The maximum absolute atomic E-state index is 12.4. The molecule has 0 saturated heterocycles. The van der Waals surface area contributed by atoms with Crippen LogP contribution in [0.5, 0.6) is 12.0 Å². The Bertz CT molecular complexity index is 390. The van der Waals surface area contributed by atoms with Crippen molar-refractivity contribution < 1.29 is 22.6 Å². The first kappa shape index (κ1) is 15.3. The summed E-state index contributed by atoms with van der Waals surface area (Å²) in [6.45, 7) is 5.16. The number of anilines is 1. The molecule has 1 aromatic rings. The molecule has 19 heavy (non-hydrogen) atoms. The molecule has 1 N–H and O–H groups in total. The number of hydrogen-bond donors (Lipinski definition) is 1.